The molecule has 2 aromatic carbocycles. The van der Waals surface area contributed by atoms with Gasteiger partial charge in [0.1, 0.15) is 11.6 Å². The number of hydrogen-bond donors (Lipinski definition) is 1. The lowest BCUT2D eigenvalue weighted by Gasteiger charge is -2.34. The normalized spacial score (nSPS) is 21.4. The molecule has 0 unspecified atom stereocenters. The van der Waals surface area contributed by atoms with Crippen molar-refractivity contribution in [3.05, 3.63) is 65.2 Å². The molecule has 2 fully saturated rings. The van der Waals surface area contributed by atoms with Crippen LogP contribution in [0.5, 0.6) is 11.5 Å². The van der Waals surface area contributed by atoms with Crippen LogP contribution in [-0.2, 0) is 4.79 Å². The first kappa shape index (κ1) is 25.2. The predicted molar refractivity (Wildman–Crippen MR) is 133 cm³/mol. The minimum atomic E-state index is -0.656. The van der Waals surface area contributed by atoms with Gasteiger partial charge in [0.15, 0.2) is 11.5 Å². The molecule has 2 atom stereocenters. The number of rotatable bonds is 8. The zero-order valence-electron chi connectivity index (χ0n) is 20.4. The Hall–Kier alpha value is -2.93. The van der Waals surface area contributed by atoms with Crippen LogP contribution in [0.3, 0.4) is 0 Å². The summed E-state index contributed by atoms with van der Waals surface area (Å²) in [5.74, 6) is 1.10. The van der Waals surface area contributed by atoms with Crippen LogP contribution >= 0.6 is 0 Å². The third-order valence-electron chi connectivity index (χ3n) is 7.18. The summed E-state index contributed by atoms with van der Waals surface area (Å²) < 4.78 is 37.4. The van der Waals surface area contributed by atoms with Gasteiger partial charge < -0.3 is 19.7 Å². The minimum absolute atomic E-state index is 0.144. The number of ether oxygens (including phenoxy) is 2. The molecule has 1 aliphatic carbocycles. The number of carbonyl (C=O) groups excluding carboxylic acids is 1. The van der Waals surface area contributed by atoms with E-state index in [9.17, 15) is 13.6 Å². The standard InChI is InChI=1S/C28H34F2N2O3/c1-34-26-7-5-22(16-27(26)35-2)21-9-11-32(12-10-21)18-20-3-6-25(15-20)31-28(33)8-4-19-13-23(29)17-24(30)14-19/h4-5,7-8,13-14,16-17,20-21,25H,3,6,9-12,15,18H2,1-2H3,(H,31,33)/b8-4+/t20-,25+/m0/s1. The summed E-state index contributed by atoms with van der Waals surface area (Å²) in [7, 11) is 3.32. The molecule has 7 heteroatoms. The lowest BCUT2D eigenvalue weighted by Crippen LogP contribution is -2.37. The summed E-state index contributed by atoms with van der Waals surface area (Å²) in [5, 5.41) is 3.04. The first-order valence-electron chi connectivity index (χ1n) is 12.3. The quantitative estimate of drug-likeness (QED) is 0.526. The van der Waals surface area contributed by atoms with Crippen LogP contribution in [0.1, 0.15) is 49.1 Å². The summed E-state index contributed by atoms with van der Waals surface area (Å²) in [6, 6.07) is 9.59. The highest BCUT2D eigenvalue weighted by molar-refractivity contribution is 5.91. The smallest absolute Gasteiger partial charge is 0.244 e. The minimum Gasteiger partial charge on any atom is -0.493 e. The number of piperidine rings is 1. The third-order valence-corrected chi connectivity index (χ3v) is 7.18. The van der Waals surface area contributed by atoms with Gasteiger partial charge >= 0.3 is 0 Å². The molecule has 1 amide bonds. The fraction of sp³-hybridized carbons (Fsp3) is 0.464. The molecule has 0 radical (unpaired) electrons. The van der Waals surface area contributed by atoms with Crippen molar-refractivity contribution in [3.63, 3.8) is 0 Å². The molecule has 0 bridgehead atoms. The zero-order chi connectivity index (χ0) is 24.8. The number of likely N-dealkylation sites (tertiary alicyclic amines) is 1. The van der Waals surface area contributed by atoms with E-state index in [0.717, 1.165) is 69.3 Å². The second-order valence-electron chi connectivity index (χ2n) is 9.61. The molecule has 1 aliphatic heterocycles. The van der Waals surface area contributed by atoms with Gasteiger partial charge in [-0.15, -0.1) is 0 Å². The summed E-state index contributed by atoms with van der Waals surface area (Å²) in [6.45, 7) is 3.20. The number of halogens is 2. The maximum Gasteiger partial charge on any atom is 0.244 e. The highest BCUT2D eigenvalue weighted by Crippen LogP contribution is 2.35. The van der Waals surface area contributed by atoms with Crippen LogP contribution in [-0.4, -0.2) is 50.7 Å². The van der Waals surface area contributed by atoms with Crippen molar-refractivity contribution < 1.29 is 23.0 Å². The van der Waals surface area contributed by atoms with Crippen LogP contribution < -0.4 is 14.8 Å². The largest absolute Gasteiger partial charge is 0.493 e. The fourth-order valence-electron chi connectivity index (χ4n) is 5.39. The molecular formula is C28H34F2N2O3. The highest BCUT2D eigenvalue weighted by Gasteiger charge is 2.29. The third kappa shape index (κ3) is 6.82. The van der Waals surface area contributed by atoms with Crippen molar-refractivity contribution in [2.24, 2.45) is 5.92 Å². The Bertz CT molecular complexity index is 1030. The molecule has 1 N–H and O–H groups in total. The Kier molecular flexibility index (Phi) is 8.39. The lowest BCUT2D eigenvalue weighted by atomic mass is 9.88. The van der Waals surface area contributed by atoms with Gasteiger partial charge in [-0.3, -0.25) is 4.79 Å². The summed E-state index contributed by atoms with van der Waals surface area (Å²) in [5.41, 5.74) is 1.64. The van der Waals surface area contributed by atoms with E-state index in [1.807, 2.05) is 6.07 Å². The Morgan fingerprint density at radius 3 is 2.40 bits per heavy atom. The van der Waals surface area contributed by atoms with Gasteiger partial charge in [0.2, 0.25) is 5.91 Å². The van der Waals surface area contributed by atoms with Gasteiger partial charge in [-0.05, 0) is 98.5 Å². The van der Waals surface area contributed by atoms with E-state index in [2.05, 4.69) is 22.3 Å². The van der Waals surface area contributed by atoms with Gasteiger partial charge in [-0.1, -0.05) is 6.07 Å². The van der Waals surface area contributed by atoms with E-state index in [4.69, 9.17) is 9.47 Å². The number of methoxy groups -OCH3 is 2. The van der Waals surface area contributed by atoms with Gasteiger partial charge in [0, 0.05) is 24.7 Å². The average Bonchev–Trinajstić information content (AvgIpc) is 3.28. The molecule has 2 aromatic rings. The molecule has 2 aliphatic rings. The van der Waals surface area contributed by atoms with Crippen molar-refractivity contribution in [1.82, 2.24) is 10.2 Å². The van der Waals surface area contributed by atoms with Crippen molar-refractivity contribution in [2.75, 3.05) is 33.9 Å². The summed E-state index contributed by atoms with van der Waals surface area (Å²) in [4.78, 5) is 14.8. The first-order valence-corrected chi connectivity index (χ1v) is 12.3. The number of amides is 1. The molecule has 1 saturated heterocycles. The van der Waals surface area contributed by atoms with Gasteiger partial charge in [-0.25, -0.2) is 8.78 Å². The zero-order valence-corrected chi connectivity index (χ0v) is 20.4. The van der Waals surface area contributed by atoms with Crippen LogP contribution in [0, 0.1) is 17.6 Å². The Morgan fingerprint density at radius 1 is 1.00 bits per heavy atom. The van der Waals surface area contributed by atoms with Crippen LogP contribution in [0.15, 0.2) is 42.5 Å². The van der Waals surface area contributed by atoms with Gasteiger partial charge in [0.05, 0.1) is 14.2 Å². The number of nitrogens with one attached hydrogen (secondary N) is 1. The first-order chi connectivity index (χ1) is 16.9. The van der Waals surface area contributed by atoms with Gasteiger partial charge in [-0.2, -0.15) is 0 Å². The van der Waals surface area contributed by atoms with E-state index in [-0.39, 0.29) is 11.9 Å². The second kappa shape index (κ2) is 11.7. The molecule has 1 saturated carbocycles. The lowest BCUT2D eigenvalue weighted by molar-refractivity contribution is -0.117. The number of carbonyl (C=O) groups is 1. The molecule has 188 valence electrons. The number of nitrogens with zero attached hydrogens (tertiary/aromatic N) is 1. The molecule has 1 heterocycles. The molecule has 4 rings (SSSR count). The van der Waals surface area contributed by atoms with Gasteiger partial charge in [0.25, 0.3) is 0 Å². The van der Waals surface area contributed by atoms with Crippen molar-refractivity contribution in [3.8, 4) is 11.5 Å². The highest BCUT2D eigenvalue weighted by atomic mass is 19.1. The van der Waals surface area contributed by atoms with Crippen molar-refractivity contribution >= 4 is 12.0 Å². The van der Waals surface area contributed by atoms with Crippen LogP contribution in [0.2, 0.25) is 0 Å². The molecule has 0 aromatic heterocycles. The van der Waals surface area contributed by atoms with Crippen LogP contribution in [0.25, 0.3) is 6.08 Å². The Labute approximate surface area is 206 Å². The fourth-order valence-corrected chi connectivity index (χ4v) is 5.39. The Balaban J connectivity index is 1.20. The maximum absolute atomic E-state index is 13.3. The number of benzene rings is 2. The predicted octanol–water partition coefficient (Wildman–Crippen LogP) is 5.16. The molecular weight excluding hydrogens is 450 g/mol. The Morgan fingerprint density at radius 2 is 1.71 bits per heavy atom. The topological polar surface area (TPSA) is 50.8 Å². The second-order valence-corrected chi connectivity index (χ2v) is 9.61. The monoisotopic (exact) mass is 484 g/mol. The summed E-state index contributed by atoms with van der Waals surface area (Å²) >= 11 is 0. The van der Waals surface area contributed by atoms with Crippen LogP contribution in [0.4, 0.5) is 8.78 Å². The molecule has 0 spiro atoms. The van der Waals surface area contributed by atoms with Crippen molar-refractivity contribution in [1.29, 1.82) is 0 Å². The maximum atomic E-state index is 13.3. The molecule has 35 heavy (non-hydrogen) atoms. The SMILES string of the molecule is COc1ccc(C2CCN(C[C@H]3CC[C@@H](NC(=O)/C=C/c4cc(F)cc(F)c4)C3)CC2)cc1OC. The van der Waals surface area contributed by atoms with Crippen molar-refractivity contribution in [2.45, 2.75) is 44.1 Å². The molecule has 5 nitrogen and oxygen atoms in total. The average molecular weight is 485 g/mol. The van der Waals surface area contributed by atoms with E-state index in [1.165, 1.54) is 29.8 Å². The van der Waals surface area contributed by atoms with E-state index >= 15 is 0 Å². The van der Waals surface area contributed by atoms with E-state index in [0.29, 0.717) is 17.4 Å². The van der Waals surface area contributed by atoms with E-state index in [1.54, 1.807) is 14.2 Å². The summed E-state index contributed by atoms with van der Waals surface area (Å²) in [6.07, 6.45) is 8.04. The van der Waals surface area contributed by atoms with E-state index < -0.39 is 11.6 Å². The number of hydrogen-bond acceptors (Lipinski definition) is 4.